The number of methoxy groups -OCH3 is 1. The maximum Gasteiger partial charge on any atom is 0.126 e. The zero-order valence-corrected chi connectivity index (χ0v) is 17.4. The Labute approximate surface area is 177 Å². The molecule has 0 spiro atoms. The molecule has 1 heterocycles. The lowest BCUT2D eigenvalue weighted by molar-refractivity contribution is 0.412. The summed E-state index contributed by atoms with van der Waals surface area (Å²) < 4.78 is 19.5. The third kappa shape index (κ3) is 4.33. The van der Waals surface area contributed by atoms with E-state index in [0.717, 1.165) is 32.6 Å². The molecule has 2 N–H and O–H groups in total. The Morgan fingerprint density at radius 2 is 1.79 bits per heavy atom. The molecule has 0 radical (unpaired) electrons. The van der Waals surface area contributed by atoms with Gasteiger partial charge in [-0.15, -0.1) is 0 Å². The summed E-state index contributed by atoms with van der Waals surface area (Å²) in [7, 11) is 1.63. The van der Waals surface area contributed by atoms with E-state index in [0.29, 0.717) is 6.42 Å². The van der Waals surface area contributed by atoms with Crippen LogP contribution >= 0.6 is 15.9 Å². The van der Waals surface area contributed by atoms with Gasteiger partial charge in [0, 0.05) is 28.2 Å². The standard InChI is InChI=1S/C23H20BrFN2O2/c1-29-18-9-4-14(5-10-18)20-13-21(19-12-16(24)6-11-22(19)28)27-23(26-20)15-2-7-17(25)8-3-15/h2-12,21,23,27-28H,13H2,1H3/t21-,23-/m0/s1. The number of aromatic hydroxyl groups is 1. The van der Waals surface area contributed by atoms with Crippen LogP contribution in [-0.4, -0.2) is 17.9 Å². The van der Waals surface area contributed by atoms with Crippen molar-refractivity contribution in [1.29, 1.82) is 0 Å². The lowest BCUT2D eigenvalue weighted by atomic mass is 9.93. The van der Waals surface area contributed by atoms with Crippen LogP contribution < -0.4 is 10.1 Å². The summed E-state index contributed by atoms with van der Waals surface area (Å²) in [5.74, 6) is 0.712. The van der Waals surface area contributed by atoms with Crippen molar-refractivity contribution in [3.63, 3.8) is 0 Å². The molecule has 4 rings (SSSR count). The molecule has 4 nitrogen and oxygen atoms in total. The van der Waals surface area contributed by atoms with Crippen molar-refractivity contribution in [3.8, 4) is 11.5 Å². The number of nitrogens with one attached hydrogen (secondary N) is 1. The highest BCUT2D eigenvalue weighted by Crippen LogP contribution is 2.36. The van der Waals surface area contributed by atoms with E-state index >= 15 is 0 Å². The van der Waals surface area contributed by atoms with Gasteiger partial charge in [0.05, 0.1) is 7.11 Å². The van der Waals surface area contributed by atoms with Crippen LogP contribution in [0.3, 0.4) is 0 Å². The van der Waals surface area contributed by atoms with Crippen molar-refractivity contribution in [2.45, 2.75) is 18.6 Å². The van der Waals surface area contributed by atoms with E-state index in [-0.39, 0.29) is 23.8 Å². The summed E-state index contributed by atoms with van der Waals surface area (Å²) in [5.41, 5.74) is 3.54. The van der Waals surface area contributed by atoms with Gasteiger partial charge in [-0.2, -0.15) is 0 Å². The van der Waals surface area contributed by atoms with Crippen molar-refractivity contribution in [2.75, 3.05) is 7.11 Å². The zero-order valence-electron chi connectivity index (χ0n) is 15.8. The molecule has 1 aliphatic heterocycles. The van der Waals surface area contributed by atoms with Gasteiger partial charge in [-0.3, -0.25) is 10.3 Å². The Balaban J connectivity index is 1.75. The van der Waals surface area contributed by atoms with Crippen LogP contribution in [0, 0.1) is 5.82 Å². The van der Waals surface area contributed by atoms with E-state index in [2.05, 4.69) is 21.2 Å². The molecule has 2 atom stereocenters. The maximum absolute atomic E-state index is 13.4. The second-order valence-electron chi connectivity index (χ2n) is 6.88. The minimum absolute atomic E-state index is 0.155. The highest BCUT2D eigenvalue weighted by Gasteiger charge is 2.27. The molecule has 0 aromatic heterocycles. The molecule has 0 saturated carbocycles. The SMILES string of the molecule is COc1ccc(C2=N[C@H](c3ccc(F)cc3)N[C@H](c3cc(Br)ccc3O)C2)cc1. The normalized spacial score (nSPS) is 18.9. The van der Waals surface area contributed by atoms with Crippen LogP contribution in [0.4, 0.5) is 4.39 Å². The van der Waals surface area contributed by atoms with Gasteiger partial charge in [0.2, 0.25) is 0 Å². The van der Waals surface area contributed by atoms with Crippen molar-refractivity contribution in [3.05, 3.63) is 93.7 Å². The quantitative estimate of drug-likeness (QED) is 0.545. The van der Waals surface area contributed by atoms with E-state index in [1.54, 1.807) is 31.4 Å². The summed E-state index contributed by atoms with van der Waals surface area (Å²) in [4.78, 5) is 4.88. The number of phenols is 1. The smallest absolute Gasteiger partial charge is 0.126 e. The summed E-state index contributed by atoms with van der Waals surface area (Å²) in [6.07, 6.45) is 0.249. The van der Waals surface area contributed by atoms with E-state index < -0.39 is 0 Å². The van der Waals surface area contributed by atoms with Gasteiger partial charge in [-0.1, -0.05) is 28.1 Å². The van der Waals surface area contributed by atoms with E-state index in [4.69, 9.17) is 9.73 Å². The molecule has 6 heteroatoms. The van der Waals surface area contributed by atoms with Gasteiger partial charge in [-0.05, 0) is 65.7 Å². The highest BCUT2D eigenvalue weighted by atomic mass is 79.9. The van der Waals surface area contributed by atoms with Gasteiger partial charge in [0.15, 0.2) is 0 Å². The summed E-state index contributed by atoms with van der Waals surface area (Å²) in [6.45, 7) is 0. The maximum atomic E-state index is 13.4. The van der Waals surface area contributed by atoms with Crippen LogP contribution in [-0.2, 0) is 0 Å². The highest BCUT2D eigenvalue weighted by molar-refractivity contribution is 9.10. The topological polar surface area (TPSA) is 53.8 Å². The molecule has 29 heavy (non-hydrogen) atoms. The first-order chi connectivity index (χ1) is 14.0. The monoisotopic (exact) mass is 454 g/mol. The Morgan fingerprint density at radius 1 is 1.07 bits per heavy atom. The number of phenolic OH excluding ortho intramolecular Hbond substituents is 1. The predicted octanol–water partition coefficient (Wildman–Crippen LogP) is 5.52. The molecule has 0 unspecified atom stereocenters. The zero-order chi connectivity index (χ0) is 20.4. The Kier molecular flexibility index (Phi) is 5.65. The molecule has 3 aromatic rings. The molecule has 148 valence electrons. The van der Waals surface area contributed by atoms with Gasteiger partial charge in [0.25, 0.3) is 0 Å². The van der Waals surface area contributed by atoms with E-state index in [1.165, 1.54) is 12.1 Å². The molecule has 1 aliphatic rings. The number of ether oxygens (including phenoxy) is 1. The van der Waals surface area contributed by atoms with Crippen LogP contribution in [0.1, 0.15) is 35.3 Å². The average Bonchev–Trinajstić information content (AvgIpc) is 2.75. The van der Waals surface area contributed by atoms with E-state index in [1.807, 2.05) is 30.3 Å². The van der Waals surface area contributed by atoms with Crippen molar-refractivity contribution in [1.82, 2.24) is 5.32 Å². The molecule has 0 bridgehead atoms. The molecule has 0 amide bonds. The second-order valence-corrected chi connectivity index (χ2v) is 7.80. The fourth-order valence-electron chi connectivity index (χ4n) is 3.48. The molecule has 0 aliphatic carbocycles. The Morgan fingerprint density at radius 3 is 2.48 bits per heavy atom. The summed E-state index contributed by atoms with van der Waals surface area (Å²) >= 11 is 3.48. The summed E-state index contributed by atoms with van der Waals surface area (Å²) in [6, 6.07) is 19.3. The fraction of sp³-hybridized carbons (Fsp3) is 0.174. The number of aliphatic imine (C=N–C) groups is 1. The minimum Gasteiger partial charge on any atom is -0.508 e. The van der Waals surface area contributed by atoms with Crippen molar-refractivity contribution in [2.24, 2.45) is 4.99 Å². The number of benzene rings is 3. The number of hydrogen-bond donors (Lipinski definition) is 2. The van der Waals surface area contributed by atoms with Gasteiger partial charge < -0.3 is 9.84 Å². The number of rotatable bonds is 4. The van der Waals surface area contributed by atoms with Crippen LogP contribution in [0.2, 0.25) is 0 Å². The number of nitrogens with zero attached hydrogens (tertiary/aromatic N) is 1. The fourth-order valence-corrected chi connectivity index (χ4v) is 3.86. The van der Waals surface area contributed by atoms with Crippen LogP contribution in [0.5, 0.6) is 11.5 Å². The van der Waals surface area contributed by atoms with Gasteiger partial charge >= 0.3 is 0 Å². The van der Waals surface area contributed by atoms with E-state index in [9.17, 15) is 9.50 Å². The van der Waals surface area contributed by atoms with Crippen molar-refractivity contribution >= 4 is 21.6 Å². The lowest BCUT2D eigenvalue weighted by Gasteiger charge is -2.31. The number of halogens is 2. The predicted molar refractivity (Wildman–Crippen MR) is 115 cm³/mol. The first-order valence-electron chi connectivity index (χ1n) is 9.24. The molecule has 0 saturated heterocycles. The third-order valence-electron chi connectivity index (χ3n) is 5.02. The Hall–Kier alpha value is -2.70. The molecule has 3 aromatic carbocycles. The van der Waals surface area contributed by atoms with Gasteiger partial charge in [-0.25, -0.2) is 4.39 Å². The lowest BCUT2D eigenvalue weighted by Crippen LogP contribution is -2.33. The summed E-state index contributed by atoms with van der Waals surface area (Å²) in [5, 5.41) is 13.9. The first-order valence-corrected chi connectivity index (χ1v) is 10.0. The van der Waals surface area contributed by atoms with Gasteiger partial charge in [0.1, 0.15) is 23.5 Å². The largest absolute Gasteiger partial charge is 0.508 e. The first kappa shape index (κ1) is 19.6. The molecular weight excluding hydrogens is 435 g/mol. The minimum atomic E-state index is -0.357. The van der Waals surface area contributed by atoms with Crippen LogP contribution in [0.25, 0.3) is 0 Å². The van der Waals surface area contributed by atoms with Crippen LogP contribution in [0.15, 0.2) is 76.2 Å². The second kappa shape index (κ2) is 8.35. The molecule has 0 fully saturated rings. The average molecular weight is 455 g/mol. The third-order valence-corrected chi connectivity index (χ3v) is 5.51. The molecular formula is C23H20BrFN2O2. The van der Waals surface area contributed by atoms with Crippen molar-refractivity contribution < 1.29 is 14.2 Å². The Bertz CT molecular complexity index is 1040. The number of hydrogen-bond acceptors (Lipinski definition) is 4.